The summed E-state index contributed by atoms with van der Waals surface area (Å²) >= 11 is 0. The van der Waals surface area contributed by atoms with E-state index < -0.39 is 0 Å². The van der Waals surface area contributed by atoms with Crippen LogP contribution in [0.25, 0.3) is 0 Å². The fourth-order valence-corrected chi connectivity index (χ4v) is 2.64. The molecule has 0 radical (unpaired) electrons. The summed E-state index contributed by atoms with van der Waals surface area (Å²) < 4.78 is 6.03. The second-order valence-electron chi connectivity index (χ2n) is 4.79. The fourth-order valence-electron chi connectivity index (χ4n) is 2.64. The van der Waals surface area contributed by atoms with Crippen LogP contribution < -0.4 is 5.32 Å². The van der Waals surface area contributed by atoms with E-state index in [1.807, 2.05) is 7.05 Å². The zero-order valence-electron chi connectivity index (χ0n) is 10.9. The number of fused-ring (bicyclic) bond motifs is 1. The van der Waals surface area contributed by atoms with Crippen molar-refractivity contribution in [3.05, 3.63) is 35.4 Å². The molecule has 1 aliphatic rings. The molecule has 1 aromatic rings. The maximum Gasteiger partial charge on any atom is 0.0810 e. The Labute approximate surface area is 104 Å². The largest absolute Gasteiger partial charge is 0.376 e. The van der Waals surface area contributed by atoms with Crippen molar-refractivity contribution in [2.24, 2.45) is 0 Å². The predicted octanol–water partition coefficient (Wildman–Crippen LogP) is 3.08. The molecule has 0 spiro atoms. The highest BCUT2D eigenvalue weighted by Crippen LogP contribution is 2.32. The van der Waals surface area contributed by atoms with E-state index in [0.717, 1.165) is 13.0 Å². The summed E-state index contributed by atoms with van der Waals surface area (Å²) in [5, 5.41) is 3.39. The Kier molecular flexibility index (Phi) is 4.57. The highest BCUT2D eigenvalue weighted by Gasteiger charge is 2.31. The third-order valence-electron chi connectivity index (χ3n) is 3.57. The molecule has 2 heteroatoms. The zero-order valence-corrected chi connectivity index (χ0v) is 10.9. The van der Waals surface area contributed by atoms with Gasteiger partial charge in [0.2, 0.25) is 0 Å². The van der Waals surface area contributed by atoms with Crippen molar-refractivity contribution in [1.82, 2.24) is 5.32 Å². The summed E-state index contributed by atoms with van der Waals surface area (Å²) in [6.45, 7) is 3.12. The van der Waals surface area contributed by atoms with Crippen LogP contribution in [0.5, 0.6) is 0 Å². The molecule has 0 saturated heterocycles. The summed E-state index contributed by atoms with van der Waals surface area (Å²) in [5.74, 6) is 0. The number of ether oxygens (including phenoxy) is 1. The maximum atomic E-state index is 6.03. The molecule has 0 bridgehead atoms. The van der Waals surface area contributed by atoms with E-state index in [2.05, 4.69) is 36.5 Å². The van der Waals surface area contributed by atoms with Crippen LogP contribution in [0.3, 0.4) is 0 Å². The van der Waals surface area contributed by atoms with Crippen LogP contribution in [-0.4, -0.2) is 19.8 Å². The number of nitrogens with one attached hydrogen (secondary N) is 1. The van der Waals surface area contributed by atoms with Gasteiger partial charge in [0.1, 0.15) is 0 Å². The molecule has 0 aliphatic heterocycles. The first-order chi connectivity index (χ1) is 8.36. The number of benzene rings is 1. The van der Waals surface area contributed by atoms with Gasteiger partial charge in [0.05, 0.1) is 12.1 Å². The van der Waals surface area contributed by atoms with Gasteiger partial charge in [-0.3, -0.25) is 0 Å². The quantitative estimate of drug-likeness (QED) is 0.762. The van der Waals surface area contributed by atoms with Gasteiger partial charge in [-0.2, -0.15) is 0 Å². The van der Waals surface area contributed by atoms with Gasteiger partial charge in [0, 0.05) is 13.0 Å². The third kappa shape index (κ3) is 2.88. The molecule has 1 aromatic carbocycles. The van der Waals surface area contributed by atoms with Crippen LogP contribution in [0.15, 0.2) is 24.3 Å². The number of hydrogen-bond donors (Lipinski definition) is 1. The molecule has 2 nitrogen and oxygen atoms in total. The van der Waals surface area contributed by atoms with E-state index >= 15 is 0 Å². The van der Waals surface area contributed by atoms with Crippen molar-refractivity contribution in [3.63, 3.8) is 0 Å². The van der Waals surface area contributed by atoms with Gasteiger partial charge >= 0.3 is 0 Å². The van der Waals surface area contributed by atoms with Gasteiger partial charge in [-0.25, -0.2) is 0 Å². The Morgan fingerprint density at radius 3 is 2.88 bits per heavy atom. The fraction of sp³-hybridized carbons (Fsp3) is 0.600. The molecule has 17 heavy (non-hydrogen) atoms. The number of hydrogen-bond acceptors (Lipinski definition) is 2. The van der Waals surface area contributed by atoms with Gasteiger partial charge in [-0.15, -0.1) is 0 Å². The van der Waals surface area contributed by atoms with Crippen molar-refractivity contribution >= 4 is 0 Å². The van der Waals surface area contributed by atoms with Crippen LogP contribution in [0, 0.1) is 0 Å². The van der Waals surface area contributed by atoms with Crippen molar-refractivity contribution in [2.75, 3.05) is 13.7 Å². The summed E-state index contributed by atoms with van der Waals surface area (Å²) in [4.78, 5) is 0. The van der Waals surface area contributed by atoms with Crippen LogP contribution in [0.2, 0.25) is 0 Å². The Balaban J connectivity index is 1.93. The Morgan fingerprint density at radius 1 is 1.29 bits per heavy atom. The molecule has 0 aromatic heterocycles. The lowest BCUT2D eigenvalue weighted by Crippen LogP contribution is -2.28. The number of unbranched alkanes of at least 4 members (excludes halogenated alkanes) is 2. The molecule has 2 unspecified atom stereocenters. The van der Waals surface area contributed by atoms with E-state index in [-0.39, 0.29) is 0 Å². The van der Waals surface area contributed by atoms with Crippen LogP contribution in [-0.2, 0) is 11.2 Å². The average Bonchev–Trinajstić information content (AvgIpc) is 2.72. The minimum atomic E-state index is 0.314. The highest BCUT2D eigenvalue weighted by atomic mass is 16.5. The van der Waals surface area contributed by atoms with Crippen molar-refractivity contribution in [3.8, 4) is 0 Å². The first kappa shape index (κ1) is 12.6. The monoisotopic (exact) mass is 233 g/mol. The van der Waals surface area contributed by atoms with Crippen molar-refractivity contribution < 1.29 is 4.74 Å². The van der Waals surface area contributed by atoms with E-state index in [4.69, 9.17) is 4.74 Å². The standard InChI is InChI=1S/C15H23NO/c1-3-4-7-10-17-14-11-12-8-5-6-9-13(12)15(14)16-2/h5-6,8-9,14-16H,3-4,7,10-11H2,1-2H3. The first-order valence-electron chi connectivity index (χ1n) is 6.73. The highest BCUT2D eigenvalue weighted by molar-refractivity contribution is 5.36. The third-order valence-corrected chi connectivity index (χ3v) is 3.57. The molecule has 1 aliphatic carbocycles. The van der Waals surface area contributed by atoms with Crippen LogP contribution in [0.4, 0.5) is 0 Å². The average molecular weight is 233 g/mol. The topological polar surface area (TPSA) is 21.3 Å². The zero-order chi connectivity index (χ0) is 12.1. The summed E-state index contributed by atoms with van der Waals surface area (Å²) in [6.07, 6.45) is 5.07. The maximum absolute atomic E-state index is 6.03. The van der Waals surface area contributed by atoms with Gasteiger partial charge in [-0.05, 0) is 24.6 Å². The normalized spacial score (nSPS) is 22.7. The second-order valence-corrected chi connectivity index (χ2v) is 4.79. The molecule has 94 valence electrons. The number of likely N-dealkylation sites (N-methyl/N-ethyl adjacent to an activating group) is 1. The first-order valence-corrected chi connectivity index (χ1v) is 6.73. The minimum absolute atomic E-state index is 0.314. The van der Waals surface area contributed by atoms with E-state index in [1.54, 1.807) is 0 Å². The predicted molar refractivity (Wildman–Crippen MR) is 71.2 cm³/mol. The van der Waals surface area contributed by atoms with Gasteiger partial charge in [0.15, 0.2) is 0 Å². The molecule has 0 saturated carbocycles. The molecule has 2 atom stereocenters. The smallest absolute Gasteiger partial charge is 0.0810 e. The lowest BCUT2D eigenvalue weighted by atomic mass is 10.1. The van der Waals surface area contributed by atoms with Crippen LogP contribution >= 0.6 is 0 Å². The summed E-state index contributed by atoms with van der Waals surface area (Å²) in [5.41, 5.74) is 2.85. The SMILES string of the molecule is CCCCCOC1Cc2ccccc2C1NC. The number of rotatable bonds is 6. The molecular weight excluding hydrogens is 210 g/mol. The van der Waals surface area contributed by atoms with E-state index in [0.29, 0.717) is 12.1 Å². The molecule has 0 heterocycles. The molecular formula is C15H23NO. The molecule has 0 fully saturated rings. The van der Waals surface area contributed by atoms with E-state index in [9.17, 15) is 0 Å². The Bertz CT molecular complexity index is 351. The lowest BCUT2D eigenvalue weighted by molar-refractivity contribution is 0.0343. The molecule has 0 amide bonds. The Morgan fingerprint density at radius 2 is 2.12 bits per heavy atom. The van der Waals surface area contributed by atoms with Crippen molar-refractivity contribution in [2.45, 2.75) is 44.8 Å². The minimum Gasteiger partial charge on any atom is -0.376 e. The van der Waals surface area contributed by atoms with E-state index in [1.165, 1.54) is 30.4 Å². The van der Waals surface area contributed by atoms with Gasteiger partial charge < -0.3 is 10.1 Å². The second kappa shape index (κ2) is 6.18. The van der Waals surface area contributed by atoms with Crippen molar-refractivity contribution in [1.29, 1.82) is 0 Å². The van der Waals surface area contributed by atoms with Crippen LogP contribution in [0.1, 0.15) is 43.4 Å². The summed E-state index contributed by atoms with van der Waals surface area (Å²) in [6, 6.07) is 9.03. The molecule has 1 N–H and O–H groups in total. The lowest BCUT2D eigenvalue weighted by Gasteiger charge is -2.20. The molecule has 2 rings (SSSR count). The van der Waals surface area contributed by atoms with Gasteiger partial charge in [-0.1, -0.05) is 44.0 Å². The van der Waals surface area contributed by atoms with Gasteiger partial charge in [0.25, 0.3) is 0 Å². The Hall–Kier alpha value is -0.860. The summed E-state index contributed by atoms with van der Waals surface area (Å²) in [7, 11) is 2.02.